The highest BCUT2D eigenvalue weighted by atomic mass is 32.1. The molecular formula is C17H24N2OS. The van der Waals surface area contributed by atoms with Crippen molar-refractivity contribution in [3.8, 4) is 5.75 Å². The van der Waals surface area contributed by atoms with E-state index in [1.165, 1.54) is 38.5 Å². The van der Waals surface area contributed by atoms with Crippen molar-refractivity contribution in [2.45, 2.75) is 44.6 Å². The molecule has 0 spiro atoms. The average Bonchev–Trinajstić information content (AvgIpc) is 2.55. The predicted octanol–water partition coefficient (Wildman–Crippen LogP) is 4.05. The standard InChI is InChI=1S/C17H24N2OS/c1-20-15-10-8-14(9-11-15)18-17(21)19-12-4-6-13-5-2-3-7-16(13)19/h8-11,13,16H,2-7,12H2,1H3,(H,18,21)/t13-,16+/m1/s1. The zero-order valence-corrected chi connectivity index (χ0v) is 13.5. The summed E-state index contributed by atoms with van der Waals surface area (Å²) in [6.07, 6.45) is 8.08. The van der Waals surface area contributed by atoms with Gasteiger partial charge in [0.2, 0.25) is 0 Å². The van der Waals surface area contributed by atoms with E-state index in [9.17, 15) is 0 Å². The Balaban J connectivity index is 1.65. The molecule has 1 N–H and O–H groups in total. The first-order chi connectivity index (χ1) is 10.3. The van der Waals surface area contributed by atoms with Gasteiger partial charge in [-0.15, -0.1) is 0 Å². The molecule has 1 aromatic rings. The van der Waals surface area contributed by atoms with Crippen LogP contribution in [0.4, 0.5) is 5.69 Å². The van der Waals surface area contributed by atoms with Crippen molar-refractivity contribution in [1.82, 2.24) is 4.90 Å². The van der Waals surface area contributed by atoms with Gasteiger partial charge in [-0.1, -0.05) is 12.8 Å². The van der Waals surface area contributed by atoms with Gasteiger partial charge in [-0.05, 0) is 68.1 Å². The van der Waals surface area contributed by atoms with Crippen LogP contribution >= 0.6 is 12.2 Å². The van der Waals surface area contributed by atoms with Crippen LogP contribution in [0.15, 0.2) is 24.3 Å². The first-order valence-electron chi connectivity index (χ1n) is 7.99. The second-order valence-electron chi connectivity index (χ2n) is 6.11. The summed E-state index contributed by atoms with van der Waals surface area (Å²) in [4.78, 5) is 2.44. The van der Waals surface area contributed by atoms with Crippen LogP contribution in [0.1, 0.15) is 38.5 Å². The van der Waals surface area contributed by atoms with E-state index in [2.05, 4.69) is 10.2 Å². The number of nitrogens with zero attached hydrogens (tertiary/aromatic N) is 1. The molecule has 2 atom stereocenters. The summed E-state index contributed by atoms with van der Waals surface area (Å²) >= 11 is 5.67. The fourth-order valence-electron chi connectivity index (χ4n) is 3.75. The number of piperidine rings is 1. The Bertz CT molecular complexity index is 486. The van der Waals surface area contributed by atoms with Crippen molar-refractivity contribution in [3.63, 3.8) is 0 Å². The maximum atomic E-state index is 5.67. The summed E-state index contributed by atoms with van der Waals surface area (Å²) in [5.74, 6) is 1.72. The normalized spacial score (nSPS) is 25.1. The number of hydrogen-bond donors (Lipinski definition) is 1. The number of fused-ring (bicyclic) bond motifs is 1. The molecule has 3 rings (SSSR count). The fraction of sp³-hybridized carbons (Fsp3) is 0.588. The van der Waals surface area contributed by atoms with E-state index >= 15 is 0 Å². The smallest absolute Gasteiger partial charge is 0.173 e. The number of nitrogens with one attached hydrogen (secondary N) is 1. The van der Waals surface area contributed by atoms with E-state index in [0.717, 1.165) is 29.0 Å². The van der Waals surface area contributed by atoms with Crippen molar-refractivity contribution < 1.29 is 4.74 Å². The average molecular weight is 304 g/mol. The highest BCUT2D eigenvalue weighted by Crippen LogP contribution is 2.35. The summed E-state index contributed by atoms with van der Waals surface area (Å²) < 4.78 is 5.19. The molecule has 114 valence electrons. The van der Waals surface area contributed by atoms with Crippen LogP contribution in [0, 0.1) is 5.92 Å². The number of hydrogen-bond acceptors (Lipinski definition) is 2. The van der Waals surface area contributed by atoms with Gasteiger partial charge in [-0.3, -0.25) is 0 Å². The molecule has 1 aromatic carbocycles. The molecule has 1 saturated heterocycles. The minimum Gasteiger partial charge on any atom is -0.497 e. The number of rotatable bonds is 2. The van der Waals surface area contributed by atoms with Gasteiger partial charge in [0.15, 0.2) is 5.11 Å². The minimum atomic E-state index is 0.658. The Hall–Kier alpha value is -1.29. The summed E-state index contributed by atoms with van der Waals surface area (Å²) in [6.45, 7) is 1.10. The van der Waals surface area contributed by atoms with Crippen molar-refractivity contribution in [2.75, 3.05) is 19.0 Å². The molecule has 0 aromatic heterocycles. The predicted molar refractivity (Wildman–Crippen MR) is 90.9 cm³/mol. The van der Waals surface area contributed by atoms with Crippen molar-refractivity contribution in [3.05, 3.63) is 24.3 Å². The molecular weight excluding hydrogens is 280 g/mol. The Morgan fingerprint density at radius 3 is 2.62 bits per heavy atom. The van der Waals surface area contributed by atoms with E-state index in [0.29, 0.717) is 6.04 Å². The first-order valence-corrected chi connectivity index (χ1v) is 8.40. The fourth-order valence-corrected chi connectivity index (χ4v) is 4.09. The van der Waals surface area contributed by atoms with Gasteiger partial charge in [0, 0.05) is 18.3 Å². The molecule has 0 bridgehead atoms. The first kappa shape index (κ1) is 14.6. The molecule has 0 unspecified atom stereocenters. The van der Waals surface area contributed by atoms with E-state index in [1.807, 2.05) is 24.3 Å². The van der Waals surface area contributed by atoms with Gasteiger partial charge >= 0.3 is 0 Å². The summed E-state index contributed by atoms with van der Waals surface area (Å²) in [7, 11) is 1.68. The SMILES string of the molecule is COc1ccc(NC(=S)N2CCC[C@H]3CCCC[C@@H]32)cc1. The maximum Gasteiger partial charge on any atom is 0.173 e. The second-order valence-corrected chi connectivity index (χ2v) is 6.49. The van der Waals surface area contributed by atoms with Crippen LogP contribution < -0.4 is 10.1 Å². The van der Waals surface area contributed by atoms with Crippen LogP contribution in [0.2, 0.25) is 0 Å². The lowest BCUT2D eigenvalue weighted by atomic mass is 9.78. The number of likely N-dealkylation sites (tertiary alicyclic amines) is 1. The third-order valence-electron chi connectivity index (χ3n) is 4.85. The Morgan fingerprint density at radius 2 is 1.86 bits per heavy atom. The van der Waals surface area contributed by atoms with Gasteiger partial charge in [-0.2, -0.15) is 0 Å². The van der Waals surface area contributed by atoms with Crippen molar-refractivity contribution in [1.29, 1.82) is 0 Å². The third kappa shape index (κ3) is 3.31. The van der Waals surface area contributed by atoms with E-state index in [1.54, 1.807) is 7.11 Å². The van der Waals surface area contributed by atoms with Crippen LogP contribution in [0.3, 0.4) is 0 Å². The molecule has 2 aliphatic rings. The van der Waals surface area contributed by atoms with Crippen LogP contribution in [0.25, 0.3) is 0 Å². The lowest BCUT2D eigenvalue weighted by Gasteiger charge is -2.45. The summed E-state index contributed by atoms with van der Waals surface area (Å²) in [5.41, 5.74) is 1.04. The molecule has 4 heteroatoms. The Labute approximate surface area is 132 Å². The molecule has 1 aliphatic carbocycles. The van der Waals surface area contributed by atoms with Crippen molar-refractivity contribution in [2.24, 2.45) is 5.92 Å². The highest BCUT2D eigenvalue weighted by molar-refractivity contribution is 7.80. The summed E-state index contributed by atoms with van der Waals surface area (Å²) in [6, 6.07) is 8.63. The van der Waals surface area contributed by atoms with E-state index in [4.69, 9.17) is 17.0 Å². The second kappa shape index (κ2) is 6.65. The third-order valence-corrected chi connectivity index (χ3v) is 5.18. The minimum absolute atomic E-state index is 0.658. The highest BCUT2D eigenvalue weighted by Gasteiger charge is 2.34. The molecule has 3 nitrogen and oxygen atoms in total. The van der Waals surface area contributed by atoms with E-state index < -0.39 is 0 Å². The van der Waals surface area contributed by atoms with E-state index in [-0.39, 0.29) is 0 Å². The van der Waals surface area contributed by atoms with Crippen LogP contribution in [-0.4, -0.2) is 29.7 Å². The van der Waals surface area contributed by atoms with Crippen LogP contribution in [-0.2, 0) is 0 Å². The van der Waals surface area contributed by atoms with Gasteiger partial charge in [0.05, 0.1) is 7.11 Å². The molecule has 1 saturated carbocycles. The topological polar surface area (TPSA) is 24.5 Å². The number of methoxy groups -OCH3 is 1. The Kier molecular flexibility index (Phi) is 4.63. The quantitative estimate of drug-likeness (QED) is 0.833. The lowest BCUT2D eigenvalue weighted by molar-refractivity contribution is 0.121. The Morgan fingerprint density at radius 1 is 1.14 bits per heavy atom. The van der Waals surface area contributed by atoms with Crippen molar-refractivity contribution >= 4 is 23.0 Å². The summed E-state index contributed by atoms with van der Waals surface area (Å²) in [5, 5.41) is 4.28. The zero-order chi connectivity index (χ0) is 14.7. The molecule has 1 aliphatic heterocycles. The lowest BCUT2D eigenvalue weighted by Crippen LogP contribution is -2.51. The number of ether oxygens (including phenoxy) is 1. The number of benzene rings is 1. The molecule has 2 fully saturated rings. The molecule has 21 heavy (non-hydrogen) atoms. The number of anilines is 1. The monoisotopic (exact) mass is 304 g/mol. The van der Waals surface area contributed by atoms with Gasteiger partial charge < -0.3 is 15.0 Å². The van der Waals surface area contributed by atoms with Gasteiger partial charge in [0.25, 0.3) is 0 Å². The number of thiocarbonyl (C=S) groups is 1. The molecule has 0 amide bonds. The molecule has 1 heterocycles. The molecule has 0 radical (unpaired) electrons. The van der Waals surface area contributed by atoms with Crippen LogP contribution in [0.5, 0.6) is 5.75 Å². The largest absolute Gasteiger partial charge is 0.497 e. The maximum absolute atomic E-state index is 5.67. The van der Waals surface area contributed by atoms with Gasteiger partial charge in [-0.25, -0.2) is 0 Å². The zero-order valence-electron chi connectivity index (χ0n) is 12.7. The van der Waals surface area contributed by atoms with Gasteiger partial charge in [0.1, 0.15) is 5.75 Å².